The second-order valence-electron chi connectivity index (χ2n) is 7.53. The monoisotopic (exact) mass is 383 g/mol. The van der Waals surface area contributed by atoms with Crippen molar-refractivity contribution in [2.45, 2.75) is 40.7 Å². The standard InChI is InChI=1S/C21H25N3O4/c1-12(2)7-18(26)21(27)24-5-6-28-20-16(11-24)8-15(9-17(20)25)19-14(4)22-10-13(3)23-19/h8-10,12,25H,5-7,11H2,1-4H3. The molecule has 148 valence electrons. The topological polar surface area (TPSA) is 92.6 Å². The van der Waals surface area contributed by atoms with E-state index in [4.69, 9.17) is 4.74 Å². The van der Waals surface area contributed by atoms with E-state index in [1.54, 1.807) is 12.3 Å². The van der Waals surface area contributed by atoms with Gasteiger partial charge in [0.15, 0.2) is 11.5 Å². The molecule has 0 saturated heterocycles. The van der Waals surface area contributed by atoms with Crippen LogP contribution in [0.15, 0.2) is 18.3 Å². The Kier molecular flexibility index (Phi) is 5.63. The highest BCUT2D eigenvalue weighted by Crippen LogP contribution is 2.37. The fourth-order valence-electron chi connectivity index (χ4n) is 3.25. The Morgan fingerprint density at radius 2 is 2.04 bits per heavy atom. The van der Waals surface area contributed by atoms with Crippen LogP contribution in [0.25, 0.3) is 11.3 Å². The highest BCUT2D eigenvalue weighted by molar-refractivity contribution is 6.36. The number of aromatic nitrogens is 2. The summed E-state index contributed by atoms with van der Waals surface area (Å²) in [6, 6.07) is 3.43. The Hall–Kier alpha value is -2.96. The SMILES string of the molecule is Cc1cnc(C)c(-c2cc(O)c3c(c2)CN(C(=O)C(=O)CC(C)C)CCO3)n1. The molecule has 1 aliphatic heterocycles. The largest absolute Gasteiger partial charge is 0.504 e. The van der Waals surface area contributed by atoms with E-state index < -0.39 is 11.7 Å². The molecule has 1 aromatic heterocycles. The van der Waals surface area contributed by atoms with E-state index in [1.807, 2.05) is 33.8 Å². The Bertz CT molecular complexity index is 924. The number of benzene rings is 1. The van der Waals surface area contributed by atoms with Crippen LogP contribution >= 0.6 is 0 Å². The van der Waals surface area contributed by atoms with Crippen LogP contribution in [0, 0.1) is 19.8 Å². The van der Waals surface area contributed by atoms with E-state index in [0.29, 0.717) is 22.6 Å². The molecule has 7 nitrogen and oxygen atoms in total. The number of Topliss-reactive ketones (excluding diaryl/α,β-unsaturated/α-hetero) is 1. The summed E-state index contributed by atoms with van der Waals surface area (Å²) in [5.41, 5.74) is 3.50. The molecule has 7 heteroatoms. The van der Waals surface area contributed by atoms with Crippen molar-refractivity contribution in [3.63, 3.8) is 0 Å². The third kappa shape index (κ3) is 4.13. The maximum atomic E-state index is 12.6. The van der Waals surface area contributed by atoms with Crippen molar-refractivity contribution >= 4 is 11.7 Å². The molecule has 2 heterocycles. The minimum Gasteiger partial charge on any atom is -0.504 e. The highest BCUT2D eigenvalue weighted by atomic mass is 16.5. The number of amides is 1. The van der Waals surface area contributed by atoms with Gasteiger partial charge in [0.05, 0.1) is 30.2 Å². The Labute approximate surface area is 164 Å². The summed E-state index contributed by atoms with van der Waals surface area (Å²) in [5.74, 6) is -0.474. The van der Waals surface area contributed by atoms with Gasteiger partial charge in [-0.25, -0.2) is 4.98 Å². The lowest BCUT2D eigenvalue weighted by Crippen LogP contribution is -2.37. The molecule has 1 N–H and O–H groups in total. The summed E-state index contributed by atoms with van der Waals surface area (Å²) >= 11 is 0. The number of aryl methyl sites for hydroxylation is 2. The summed E-state index contributed by atoms with van der Waals surface area (Å²) in [7, 11) is 0. The van der Waals surface area contributed by atoms with Gasteiger partial charge >= 0.3 is 0 Å². The van der Waals surface area contributed by atoms with Gasteiger partial charge < -0.3 is 14.7 Å². The molecule has 0 atom stereocenters. The van der Waals surface area contributed by atoms with E-state index in [1.165, 1.54) is 4.90 Å². The normalized spacial score (nSPS) is 13.7. The molecule has 3 rings (SSSR count). The van der Waals surface area contributed by atoms with Crippen molar-refractivity contribution in [3.8, 4) is 22.8 Å². The number of phenolic OH excluding ortho intramolecular Hbond substituents is 1. The smallest absolute Gasteiger partial charge is 0.290 e. The number of carbonyl (C=O) groups is 2. The molecule has 1 aliphatic rings. The van der Waals surface area contributed by atoms with E-state index in [-0.39, 0.29) is 37.8 Å². The summed E-state index contributed by atoms with van der Waals surface area (Å²) in [6.07, 6.45) is 1.90. The molecule has 28 heavy (non-hydrogen) atoms. The van der Waals surface area contributed by atoms with Gasteiger partial charge in [0.1, 0.15) is 6.61 Å². The average molecular weight is 383 g/mol. The molecule has 0 unspecified atom stereocenters. The summed E-state index contributed by atoms with van der Waals surface area (Å²) < 4.78 is 5.67. The van der Waals surface area contributed by atoms with Gasteiger partial charge in [-0.3, -0.25) is 14.6 Å². The number of ketones is 1. The quantitative estimate of drug-likeness (QED) is 0.816. The van der Waals surface area contributed by atoms with Crippen molar-refractivity contribution in [1.82, 2.24) is 14.9 Å². The van der Waals surface area contributed by atoms with Crippen LogP contribution in [0.4, 0.5) is 0 Å². The van der Waals surface area contributed by atoms with E-state index >= 15 is 0 Å². The summed E-state index contributed by atoms with van der Waals surface area (Å²) in [5, 5.41) is 10.5. The number of ether oxygens (including phenoxy) is 1. The number of phenols is 1. The maximum Gasteiger partial charge on any atom is 0.290 e. The van der Waals surface area contributed by atoms with Gasteiger partial charge in [0, 0.05) is 23.7 Å². The van der Waals surface area contributed by atoms with Crippen LogP contribution in [-0.4, -0.2) is 44.8 Å². The van der Waals surface area contributed by atoms with E-state index in [0.717, 1.165) is 11.4 Å². The van der Waals surface area contributed by atoms with Gasteiger partial charge in [-0.1, -0.05) is 13.8 Å². The lowest BCUT2D eigenvalue weighted by molar-refractivity contribution is -0.145. The third-order valence-electron chi connectivity index (χ3n) is 4.58. The lowest BCUT2D eigenvalue weighted by atomic mass is 10.0. The fourth-order valence-corrected chi connectivity index (χ4v) is 3.25. The lowest BCUT2D eigenvalue weighted by Gasteiger charge is -2.19. The first-order valence-corrected chi connectivity index (χ1v) is 9.37. The minimum atomic E-state index is -0.512. The number of nitrogens with zero attached hydrogens (tertiary/aromatic N) is 3. The molecule has 0 bridgehead atoms. The Morgan fingerprint density at radius 1 is 1.29 bits per heavy atom. The van der Waals surface area contributed by atoms with Crippen LogP contribution < -0.4 is 4.74 Å². The summed E-state index contributed by atoms with van der Waals surface area (Å²) in [6.45, 7) is 8.20. The molecule has 0 saturated carbocycles. The molecular weight excluding hydrogens is 358 g/mol. The fraction of sp³-hybridized carbons (Fsp3) is 0.429. The zero-order valence-electron chi connectivity index (χ0n) is 16.7. The van der Waals surface area contributed by atoms with Crippen LogP contribution in [-0.2, 0) is 16.1 Å². The van der Waals surface area contributed by atoms with Gasteiger partial charge in [-0.15, -0.1) is 0 Å². The first kappa shape index (κ1) is 19.8. The van der Waals surface area contributed by atoms with Crippen molar-refractivity contribution in [3.05, 3.63) is 35.3 Å². The zero-order valence-corrected chi connectivity index (χ0v) is 16.7. The number of hydrogen-bond donors (Lipinski definition) is 1. The zero-order chi connectivity index (χ0) is 20.4. The Balaban J connectivity index is 1.96. The average Bonchev–Trinajstić information content (AvgIpc) is 2.85. The van der Waals surface area contributed by atoms with Crippen molar-refractivity contribution in [2.75, 3.05) is 13.2 Å². The van der Waals surface area contributed by atoms with Crippen molar-refractivity contribution in [1.29, 1.82) is 0 Å². The molecule has 2 aromatic rings. The molecule has 0 fully saturated rings. The van der Waals surface area contributed by atoms with E-state index in [9.17, 15) is 14.7 Å². The number of fused-ring (bicyclic) bond motifs is 1. The van der Waals surface area contributed by atoms with Crippen molar-refractivity contribution < 1.29 is 19.4 Å². The highest BCUT2D eigenvalue weighted by Gasteiger charge is 2.27. The molecule has 1 amide bonds. The predicted octanol–water partition coefficient (Wildman–Crippen LogP) is 2.80. The van der Waals surface area contributed by atoms with Gasteiger partial charge in [0.25, 0.3) is 5.91 Å². The molecule has 0 radical (unpaired) electrons. The minimum absolute atomic E-state index is 0.0157. The van der Waals surface area contributed by atoms with E-state index in [2.05, 4.69) is 9.97 Å². The summed E-state index contributed by atoms with van der Waals surface area (Å²) in [4.78, 5) is 35.1. The third-order valence-corrected chi connectivity index (χ3v) is 4.58. The first-order valence-electron chi connectivity index (χ1n) is 9.37. The van der Waals surface area contributed by atoms with Crippen LogP contribution in [0.5, 0.6) is 11.5 Å². The van der Waals surface area contributed by atoms with Gasteiger partial charge in [0.2, 0.25) is 5.78 Å². The number of rotatable bonds is 4. The molecule has 1 aromatic carbocycles. The predicted molar refractivity (Wildman–Crippen MR) is 104 cm³/mol. The molecular formula is C21H25N3O4. The second-order valence-corrected chi connectivity index (χ2v) is 7.53. The number of aromatic hydroxyl groups is 1. The number of hydrogen-bond acceptors (Lipinski definition) is 6. The van der Waals surface area contributed by atoms with Crippen LogP contribution in [0.1, 0.15) is 37.2 Å². The second kappa shape index (κ2) is 7.96. The Morgan fingerprint density at radius 3 is 2.75 bits per heavy atom. The van der Waals surface area contributed by atoms with Gasteiger partial charge in [-0.05, 0) is 31.9 Å². The van der Waals surface area contributed by atoms with Crippen molar-refractivity contribution in [2.24, 2.45) is 5.92 Å². The van der Waals surface area contributed by atoms with Crippen LogP contribution in [0.3, 0.4) is 0 Å². The van der Waals surface area contributed by atoms with Crippen LogP contribution in [0.2, 0.25) is 0 Å². The molecule has 0 aliphatic carbocycles. The maximum absolute atomic E-state index is 12.6. The molecule has 0 spiro atoms. The van der Waals surface area contributed by atoms with Gasteiger partial charge in [-0.2, -0.15) is 0 Å². The number of carbonyl (C=O) groups excluding carboxylic acids is 2. The first-order chi connectivity index (χ1) is 13.3.